The average molecular weight is 354 g/mol. The molecule has 2 heterocycles. The van der Waals surface area contributed by atoms with E-state index in [9.17, 15) is 13.2 Å². The van der Waals surface area contributed by atoms with Gasteiger partial charge in [-0.3, -0.25) is 9.36 Å². The topological polar surface area (TPSA) is 59.4 Å². The van der Waals surface area contributed by atoms with E-state index in [1.54, 1.807) is 27.1 Å². The van der Waals surface area contributed by atoms with Crippen molar-refractivity contribution in [2.45, 2.75) is 50.5 Å². The Balaban J connectivity index is 2.04. The highest BCUT2D eigenvalue weighted by molar-refractivity contribution is 7.89. The van der Waals surface area contributed by atoms with Gasteiger partial charge in [0.15, 0.2) is 0 Å². The van der Waals surface area contributed by atoms with Gasteiger partial charge in [-0.2, -0.15) is 4.31 Å². The monoisotopic (exact) mass is 354 g/mol. The summed E-state index contributed by atoms with van der Waals surface area (Å²) in [6.45, 7) is 5.08. The first-order valence-electron chi connectivity index (χ1n) is 8.06. The van der Waals surface area contributed by atoms with Gasteiger partial charge in [-0.05, 0) is 44.9 Å². The summed E-state index contributed by atoms with van der Waals surface area (Å²) in [4.78, 5) is 12.4. The molecule has 1 aliphatic rings. The number of hydrogen-bond acceptors (Lipinski definition) is 4. The third-order valence-corrected chi connectivity index (χ3v) is 7.12. The zero-order valence-electron chi connectivity index (χ0n) is 13.5. The second-order valence-corrected chi connectivity index (χ2v) is 9.21. The molecular formula is C16H22N2O3S2. The van der Waals surface area contributed by atoms with Gasteiger partial charge < -0.3 is 0 Å². The molecule has 0 unspecified atom stereocenters. The molecule has 0 spiro atoms. The molecule has 0 aliphatic carbocycles. The molecule has 0 atom stereocenters. The quantitative estimate of drug-likeness (QED) is 0.850. The lowest BCUT2D eigenvalue weighted by atomic mass is 10.2. The Hall–Kier alpha value is -1.18. The van der Waals surface area contributed by atoms with E-state index in [2.05, 4.69) is 0 Å². The van der Waals surface area contributed by atoms with Crippen LogP contribution in [0.25, 0.3) is 10.2 Å². The Labute approximate surface area is 140 Å². The number of rotatable bonds is 3. The molecule has 0 saturated carbocycles. The van der Waals surface area contributed by atoms with Crippen LogP contribution in [0.3, 0.4) is 0 Å². The summed E-state index contributed by atoms with van der Waals surface area (Å²) in [5.41, 5.74) is 0.810. The highest BCUT2D eigenvalue weighted by atomic mass is 32.2. The maximum absolute atomic E-state index is 12.9. The molecule has 3 rings (SSSR count). The van der Waals surface area contributed by atoms with Crippen LogP contribution in [0.15, 0.2) is 27.9 Å². The lowest BCUT2D eigenvalue weighted by Crippen LogP contribution is -2.31. The molecule has 0 radical (unpaired) electrons. The van der Waals surface area contributed by atoms with E-state index in [1.165, 1.54) is 0 Å². The molecule has 1 fully saturated rings. The number of sulfonamides is 1. The smallest absolute Gasteiger partial charge is 0.296 e. The summed E-state index contributed by atoms with van der Waals surface area (Å²) in [7, 11) is -3.47. The summed E-state index contributed by atoms with van der Waals surface area (Å²) in [5.74, 6) is 0. The first kappa shape index (κ1) is 16.7. The predicted molar refractivity (Wildman–Crippen MR) is 93.7 cm³/mol. The third kappa shape index (κ3) is 3.09. The highest BCUT2D eigenvalue weighted by Gasteiger charge is 2.26. The second kappa shape index (κ2) is 6.37. The highest BCUT2D eigenvalue weighted by Crippen LogP contribution is 2.26. The fraction of sp³-hybridized carbons (Fsp3) is 0.562. The lowest BCUT2D eigenvalue weighted by Gasteiger charge is -2.20. The van der Waals surface area contributed by atoms with Crippen LogP contribution in [-0.2, 0) is 10.0 Å². The van der Waals surface area contributed by atoms with E-state index < -0.39 is 10.0 Å². The minimum atomic E-state index is -3.47. The van der Waals surface area contributed by atoms with Gasteiger partial charge in [0.05, 0.1) is 15.1 Å². The van der Waals surface area contributed by atoms with Gasteiger partial charge in [-0.15, -0.1) is 0 Å². The molecule has 5 nitrogen and oxygen atoms in total. The molecule has 1 aromatic carbocycles. The molecule has 0 amide bonds. The Morgan fingerprint density at radius 2 is 1.74 bits per heavy atom. The van der Waals surface area contributed by atoms with E-state index >= 15 is 0 Å². The Bertz CT molecular complexity index is 857. The van der Waals surface area contributed by atoms with Crippen LogP contribution in [0, 0.1) is 0 Å². The molecule has 1 saturated heterocycles. The Kier molecular flexibility index (Phi) is 4.62. The summed E-state index contributed by atoms with van der Waals surface area (Å²) in [6.07, 6.45) is 4.00. The molecule has 7 heteroatoms. The van der Waals surface area contributed by atoms with E-state index in [4.69, 9.17) is 0 Å². The molecule has 1 aliphatic heterocycles. The standard InChI is InChI=1S/C16H22N2O3S2/c1-12(2)18-14-8-7-13(11-15(14)22-16(18)19)23(20,21)17-9-5-3-4-6-10-17/h7-8,11-12H,3-6,9-10H2,1-2H3. The van der Waals surface area contributed by atoms with Crippen molar-refractivity contribution in [1.82, 2.24) is 8.87 Å². The number of aromatic nitrogens is 1. The Morgan fingerprint density at radius 3 is 2.35 bits per heavy atom. The van der Waals surface area contributed by atoms with Crippen LogP contribution in [0.5, 0.6) is 0 Å². The number of nitrogens with zero attached hydrogens (tertiary/aromatic N) is 2. The van der Waals surface area contributed by atoms with Crippen LogP contribution in [0.4, 0.5) is 0 Å². The van der Waals surface area contributed by atoms with Crippen molar-refractivity contribution in [3.05, 3.63) is 27.9 Å². The van der Waals surface area contributed by atoms with Crippen molar-refractivity contribution in [3.8, 4) is 0 Å². The van der Waals surface area contributed by atoms with Gasteiger partial charge in [-0.1, -0.05) is 24.2 Å². The van der Waals surface area contributed by atoms with Gasteiger partial charge in [0.1, 0.15) is 0 Å². The zero-order chi connectivity index (χ0) is 16.6. The number of benzene rings is 1. The van der Waals surface area contributed by atoms with Gasteiger partial charge in [-0.25, -0.2) is 8.42 Å². The van der Waals surface area contributed by atoms with Crippen molar-refractivity contribution in [2.75, 3.05) is 13.1 Å². The zero-order valence-corrected chi connectivity index (χ0v) is 15.1. The Morgan fingerprint density at radius 1 is 1.09 bits per heavy atom. The molecular weight excluding hydrogens is 332 g/mol. The predicted octanol–water partition coefficient (Wildman–Crippen LogP) is 3.21. The minimum Gasteiger partial charge on any atom is -0.296 e. The van der Waals surface area contributed by atoms with Gasteiger partial charge >= 0.3 is 4.87 Å². The van der Waals surface area contributed by atoms with Crippen molar-refractivity contribution in [3.63, 3.8) is 0 Å². The summed E-state index contributed by atoms with van der Waals surface area (Å²) in [6, 6.07) is 5.11. The van der Waals surface area contributed by atoms with Gasteiger partial charge in [0.25, 0.3) is 0 Å². The maximum atomic E-state index is 12.9. The van der Waals surface area contributed by atoms with Gasteiger partial charge in [0, 0.05) is 19.1 Å². The number of fused-ring (bicyclic) bond motifs is 1. The molecule has 23 heavy (non-hydrogen) atoms. The molecule has 2 aromatic rings. The van der Waals surface area contributed by atoms with Crippen molar-refractivity contribution in [1.29, 1.82) is 0 Å². The SMILES string of the molecule is CC(C)n1c(=O)sc2cc(S(=O)(=O)N3CCCCCC3)ccc21. The van der Waals surface area contributed by atoms with Crippen molar-refractivity contribution >= 4 is 31.6 Å². The molecule has 126 valence electrons. The van der Waals surface area contributed by atoms with Crippen LogP contribution in [-0.4, -0.2) is 30.4 Å². The molecule has 1 aromatic heterocycles. The summed E-state index contributed by atoms with van der Waals surface area (Å²) in [5, 5.41) is 0. The first-order valence-corrected chi connectivity index (χ1v) is 10.3. The van der Waals surface area contributed by atoms with Crippen LogP contribution in [0.2, 0.25) is 0 Å². The third-order valence-electron chi connectivity index (χ3n) is 4.30. The lowest BCUT2D eigenvalue weighted by molar-refractivity contribution is 0.424. The number of hydrogen-bond donors (Lipinski definition) is 0. The van der Waals surface area contributed by atoms with Crippen molar-refractivity contribution in [2.24, 2.45) is 0 Å². The second-order valence-electron chi connectivity index (χ2n) is 6.28. The van der Waals surface area contributed by atoms with E-state index in [-0.39, 0.29) is 10.9 Å². The maximum Gasteiger partial charge on any atom is 0.308 e. The largest absolute Gasteiger partial charge is 0.308 e. The van der Waals surface area contributed by atoms with E-state index in [1.807, 2.05) is 13.8 Å². The van der Waals surface area contributed by atoms with Crippen LogP contribution >= 0.6 is 11.3 Å². The molecule has 0 bridgehead atoms. The average Bonchev–Trinajstić information content (AvgIpc) is 2.66. The minimum absolute atomic E-state index is 0.0423. The first-order chi connectivity index (χ1) is 10.9. The van der Waals surface area contributed by atoms with Crippen LogP contribution in [0.1, 0.15) is 45.6 Å². The summed E-state index contributed by atoms with van der Waals surface area (Å²) >= 11 is 1.11. The normalized spacial score (nSPS) is 17.7. The van der Waals surface area contributed by atoms with Crippen LogP contribution < -0.4 is 4.87 Å². The molecule has 0 N–H and O–H groups in total. The fourth-order valence-electron chi connectivity index (χ4n) is 3.10. The van der Waals surface area contributed by atoms with E-state index in [0.29, 0.717) is 18.0 Å². The summed E-state index contributed by atoms with van der Waals surface area (Å²) < 4.78 is 29.7. The van der Waals surface area contributed by atoms with E-state index in [0.717, 1.165) is 47.2 Å². The number of thiazole rings is 1. The fourth-order valence-corrected chi connectivity index (χ4v) is 5.77. The van der Waals surface area contributed by atoms with Crippen molar-refractivity contribution < 1.29 is 8.42 Å². The van der Waals surface area contributed by atoms with Gasteiger partial charge in [0.2, 0.25) is 10.0 Å².